The van der Waals surface area contributed by atoms with Gasteiger partial charge in [-0.3, -0.25) is 9.59 Å². The number of furan rings is 1. The smallest absolute Gasteiger partial charge is 0.248 e. The van der Waals surface area contributed by atoms with Gasteiger partial charge < -0.3 is 21.2 Å². The Morgan fingerprint density at radius 1 is 1.14 bits per heavy atom. The van der Waals surface area contributed by atoms with Crippen LogP contribution in [0.5, 0.6) is 0 Å². The topological polar surface area (TPSA) is 111 Å². The number of hydrogen-bond donors (Lipinski definition) is 3. The number of hydrogen-bond acceptors (Lipinski definition) is 4. The molecule has 6 nitrogen and oxygen atoms in total. The zero-order valence-corrected chi connectivity index (χ0v) is 12.8. The molecule has 5 N–H and O–H groups in total. The third-order valence-corrected chi connectivity index (χ3v) is 3.33. The number of benzene rings is 1. The largest absolute Gasteiger partial charge is 0.452 e. The molecule has 1 atom stereocenters. The normalized spacial score (nSPS) is 11.9. The first kappa shape index (κ1) is 15.1. The van der Waals surface area contributed by atoms with Crippen molar-refractivity contribution in [1.29, 1.82) is 0 Å². The molecule has 0 fully saturated rings. The molecule has 1 aromatic carbocycles. The average molecular weight is 352 g/mol. The molecule has 2 aromatic rings. The Hall–Kier alpha value is -2.28. The van der Waals surface area contributed by atoms with E-state index < -0.39 is 11.8 Å². The summed E-state index contributed by atoms with van der Waals surface area (Å²) in [7, 11) is 0. The van der Waals surface area contributed by atoms with Crippen LogP contribution < -0.4 is 16.8 Å². The molecule has 7 heteroatoms. The predicted molar refractivity (Wildman–Crippen MR) is 81.9 cm³/mol. The minimum atomic E-state index is -0.630. The first-order valence-corrected chi connectivity index (χ1v) is 6.92. The number of rotatable bonds is 5. The number of carbonyl (C=O) groups is 2. The van der Waals surface area contributed by atoms with Crippen LogP contribution in [0.2, 0.25) is 0 Å². The Balaban J connectivity index is 2.30. The summed E-state index contributed by atoms with van der Waals surface area (Å²) in [6.45, 7) is 1.88. The molecule has 21 heavy (non-hydrogen) atoms. The summed E-state index contributed by atoms with van der Waals surface area (Å²) in [6.07, 6.45) is 0. The van der Waals surface area contributed by atoms with E-state index in [1.165, 1.54) is 6.07 Å². The summed E-state index contributed by atoms with van der Waals surface area (Å²) >= 11 is 3.23. The van der Waals surface area contributed by atoms with Crippen molar-refractivity contribution in [3.63, 3.8) is 0 Å². The lowest BCUT2D eigenvalue weighted by Crippen LogP contribution is -2.17. The second-order valence-corrected chi connectivity index (χ2v) is 5.32. The van der Waals surface area contributed by atoms with Gasteiger partial charge in [-0.1, -0.05) is 0 Å². The number of anilines is 1. The van der Waals surface area contributed by atoms with Gasteiger partial charge in [0.25, 0.3) is 0 Å². The van der Waals surface area contributed by atoms with E-state index in [2.05, 4.69) is 21.2 Å². The van der Waals surface area contributed by atoms with E-state index in [9.17, 15) is 9.59 Å². The molecule has 1 heterocycles. The molecular formula is C14H14BrN3O3. The monoisotopic (exact) mass is 351 g/mol. The molecule has 2 amide bonds. The average Bonchev–Trinajstić information content (AvgIpc) is 2.85. The van der Waals surface area contributed by atoms with Gasteiger partial charge in [0.15, 0.2) is 4.67 Å². The number of amides is 2. The van der Waals surface area contributed by atoms with E-state index in [0.29, 0.717) is 16.1 Å². The molecule has 0 radical (unpaired) electrons. The minimum Gasteiger partial charge on any atom is -0.452 e. The van der Waals surface area contributed by atoms with Gasteiger partial charge >= 0.3 is 0 Å². The minimum absolute atomic E-state index is 0.167. The highest BCUT2D eigenvalue weighted by atomic mass is 79.9. The van der Waals surface area contributed by atoms with Crippen LogP contribution in [0.15, 0.2) is 39.4 Å². The molecular weight excluding hydrogens is 338 g/mol. The van der Waals surface area contributed by atoms with Crippen LogP contribution in [-0.2, 0) is 0 Å². The molecule has 1 aromatic heterocycles. The van der Waals surface area contributed by atoms with Crippen molar-refractivity contribution < 1.29 is 14.0 Å². The number of primary amides is 2. The third kappa shape index (κ3) is 3.63. The maximum absolute atomic E-state index is 11.3. The number of nitrogens with one attached hydrogen (secondary N) is 1. The van der Waals surface area contributed by atoms with E-state index in [0.717, 1.165) is 0 Å². The summed E-state index contributed by atoms with van der Waals surface area (Å²) in [6, 6.07) is 7.91. The van der Waals surface area contributed by atoms with Gasteiger partial charge in [-0.05, 0) is 53.2 Å². The molecule has 0 saturated heterocycles. The van der Waals surface area contributed by atoms with Crippen LogP contribution in [0, 0.1) is 0 Å². The zero-order valence-electron chi connectivity index (χ0n) is 11.2. The fraction of sp³-hybridized carbons (Fsp3) is 0.143. The van der Waals surface area contributed by atoms with Crippen molar-refractivity contribution in [2.75, 3.05) is 5.32 Å². The van der Waals surface area contributed by atoms with Gasteiger partial charge in [-0.25, -0.2) is 0 Å². The summed E-state index contributed by atoms with van der Waals surface area (Å²) in [4.78, 5) is 22.6. The molecule has 0 saturated carbocycles. The Kier molecular flexibility index (Phi) is 4.32. The van der Waals surface area contributed by atoms with Crippen LogP contribution in [0.3, 0.4) is 0 Å². The molecule has 2 rings (SSSR count). The number of halogens is 1. The van der Waals surface area contributed by atoms with E-state index >= 15 is 0 Å². The Bertz CT molecular complexity index is 664. The molecule has 0 aliphatic carbocycles. The van der Waals surface area contributed by atoms with Gasteiger partial charge in [0, 0.05) is 16.8 Å². The van der Waals surface area contributed by atoms with Crippen LogP contribution >= 0.6 is 15.9 Å². The van der Waals surface area contributed by atoms with Crippen molar-refractivity contribution in [2.45, 2.75) is 13.0 Å². The standard InChI is InChI=1S/C14H14BrN3O3/c1-7(11-2-3-12(15)21-11)18-10-5-8(13(16)19)4-9(6-10)14(17)20/h2-7,18H,1H3,(H2,16,19)(H2,17,20). The maximum atomic E-state index is 11.3. The van der Waals surface area contributed by atoms with Crippen LogP contribution in [0.1, 0.15) is 39.4 Å². The number of carbonyl (C=O) groups excluding carboxylic acids is 2. The summed E-state index contributed by atoms with van der Waals surface area (Å²) in [5.41, 5.74) is 11.5. The van der Waals surface area contributed by atoms with Crippen molar-refractivity contribution >= 4 is 33.4 Å². The fourth-order valence-corrected chi connectivity index (χ4v) is 2.20. The second-order valence-electron chi connectivity index (χ2n) is 4.54. The Morgan fingerprint density at radius 2 is 1.71 bits per heavy atom. The molecule has 0 aliphatic heterocycles. The second kappa shape index (κ2) is 6.01. The first-order chi connectivity index (χ1) is 9.86. The molecule has 0 spiro atoms. The van der Waals surface area contributed by atoms with Gasteiger partial charge in [-0.2, -0.15) is 0 Å². The lowest BCUT2D eigenvalue weighted by Gasteiger charge is -2.14. The number of nitrogens with two attached hydrogens (primary N) is 2. The summed E-state index contributed by atoms with van der Waals surface area (Å²) in [5, 5.41) is 3.13. The highest BCUT2D eigenvalue weighted by Gasteiger charge is 2.13. The molecule has 0 bridgehead atoms. The van der Waals surface area contributed by atoms with Crippen molar-refractivity contribution in [3.8, 4) is 0 Å². The highest BCUT2D eigenvalue weighted by molar-refractivity contribution is 9.10. The van der Waals surface area contributed by atoms with Crippen molar-refractivity contribution in [1.82, 2.24) is 0 Å². The van der Waals surface area contributed by atoms with Crippen molar-refractivity contribution in [2.24, 2.45) is 11.5 Å². The first-order valence-electron chi connectivity index (χ1n) is 6.13. The third-order valence-electron chi connectivity index (χ3n) is 2.91. The van der Waals surface area contributed by atoms with Crippen LogP contribution in [-0.4, -0.2) is 11.8 Å². The highest BCUT2D eigenvalue weighted by Crippen LogP contribution is 2.25. The van der Waals surface area contributed by atoms with E-state index in [-0.39, 0.29) is 17.2 Å². The lowest BCUT2D eigenvalue weighted by atomic mass is 10.1. The lowest BCUT2D eigenvalue weighted by molar-refractivity contribution is 0.0999. The molecule has 1 unspecified atom stereocenters. The van der Waals surface area contributed by atoms with Crippen LogP contribution in [0.4, 0.5) is 5.69 Å². The van der Waals surface area contributed by atoms with E-state index in [4.69, 9.17) is 15.9 Å². The predicted octanol–water partition coefficient (Wildman–Crippen LogP) is 2.41. The fourth-order valence-electron chi connectivity index (χ4n) is 1.88. The Labute approximate surface area is 129 Å². The summed E-state index contributed by atoms with van der Waals surface area (Å²) < 4.78 is 6.06. The van der Waals surface area contributed by atoms with E-state index in [1.807, 2.05) is 13.0 Å². The van der Waals surface area contributed by atoms with E-state index in [1.54, 1.807) is 18.2 Å². The van der Waals surface area contributed by atoms with Gasteiger partial charge in [0.05, 0.1) is 6.04 Å². The van der Waals surface area contributed by atoms with Crippen LogP contribution in [0.25, 0.3) is 0 Å². The zero-order chi connectivity index (χ0) is 15.6. The van der Waals surface area contributed by atoms with Gasteiger partial charge in [0.1, 0.15) is 5.76 Å². The Morgan fingerprint density at radius 3 is 2.14 bits per heavy atom. The molecule has 0 aliphatic rings. The summed E-state index contributed by atoms with van der Waals surface area (Å²) in [5.74, 6) is -0.559. The maximum Gasteiger partial charge on any atom is 0.248 e. The SMILES string of the molecule is CC(Nc1cc(C(N)=O)cc(C(N)=O)c1)c1ccc(Br)o1. The van der Waals surface area contributed by atoms with Crippen molar-refractivity contribution in [3.05, 3.63) is 51.9 Å². The van der Waals surface area contributed by atoms with Gasteiger partial charge in [0.2, 0.25) is 11.8 Å². The van der Waals surface area contributed by atoms with Gasteiger partial charge in [-0.15, -0.1) is 0 Å². The molecule has 110 valence electrons. The quantitative estimate of drug-likeness (QED) is 0.767.